The van der Waals surface area contributed by atoms with Gasteiger partial charge >= 0.3 is 5.97 Å². The van der Waals surface area contributed by atoms with Crippen LogP contribution in [0, 0.1) is 17.3 Å². The molecular formula is C34H56O7. The fourth-order valence-electron chi connectivity index (χ4n) is 5.96. The maximum atomic E-state index is 11.4. The summed E-state index contributed by atoms with van der Waals surface area (Å²) in [6.45, 7) is 10.3. The van der Waals surface area contributed by atoms with Crippen molar-refractivity contribution in [1.29, 1.82) is 0 Å². The van der Waals surface area contributed by atoms with Gasteiger partial charge in [-0.2, -0.15) is 0 Å². The molecule has 1 saturated carbocycles. The molecule has 0 amide bonds. The summed E-state index contributed by atoms with van der Waals surface area (Å²) in [4.78, 5) is 11.4. The Hall–Kier alpha value is -1.51. The number of carbonyl (C=O) groups excluding carboxylic acids is 1. The summed E-state index contributed by atoms with van der Waals surface area (Å²) >= 11 is 0. The van der Waals surface area contributed by atoms with Crippen LogP contribution in [0.3, 0.4) is 0 Å². The number of hydrogen-bond donors (Lipinski definition) is 1. The summed E-state index contributed by atoms with van der Waals surface area (Å²) < 4.78 is 29.8. The molecule has 1 aliphatic carbocycles. The van der Waals surface area contributed by atoms with Gasteiger partial charge in [0.2, 0.25) is 0 Å². The summed E-state index contributed by atoms with van der Waals surface area (Å²) in [6, 6.07) is 0. The molecule has 7 heteroatoms. The number of rotatable bonds is 15. The second-order valence-electron chi connectivity index (χ2n) is 12.9. The summed E-state index contributed by atoms with van der Waals surface area (Å²) in [5, 5.41) is 11.2. The molecule has 3 fully saturated rings. The van der Waals surface area contributed by atoms with E-state index in [4.69, 9.17) is 23.7 Å². The number of hydrogen-bond acceptors (Lipinski definition) is 7. The van der Waals surface area contributed by atoms with Crippen LogP contribution in [0.15, 0.2) is 36.0 Å². The first-order valence-corrected chi connectivity index (χ1v) is 16.0. The van der Waals surface area contributed by atoms with Crippen LogP contribution in [-0.2, 0) is 28.5 Å². The van der Waals surface area contributed by atoms with Crippen molar-refractivity contribution in [2.75, 3.05) is 20.3 Å². The standard InChI is InChI=1S/C34H56O7/c1-25(2)20-21-34(3,4)30(41-33-17-11-13-23-39-33)19-18-27-26(14-8-6-7-9-15-31(36)37-5)28(35)24-29(27)40-32-16-10-12-22-38-32/h6,8,18-20,26-30,32-33,35H,7,9-17,21-24H2,1-5H3/t26-,27-,28-,29-,30+,32?,33?/m1/s1. The molecule has 3 aliphatic rings. The van der Waals surface area contributed by atoms with Crippen LogP contribution in [0.5, 0.6) is 0 Å². The van der Waals surface area contributed by atoms with Crippen molar-refractivity contribution in [3.05, 3.63) is 36.0 Å². The van der Waals surface area contributed by atoms with E-state index in [-0.39, 0.29) is 48.0 Å². The van der Waals surface area contributed by atoms with Gasteiger partial charge in [0.05, 0.1) is 25.4 Å². The minimum atomic E-state index is -0.460. The molecule has 0 aromatic carbocycles. The Morgan fingerprint density at radius 1 is 1.05 bits per heavy atom. The Morgan fingerprint density at radius 2 is 1.76 bits per heavy atom. The molecule has 0 spiro atoms. The average molecular weight is 577 g/mol. The number of carbonyl (C=O) groups is 1. The zero-order valence-electron chi connectivity index (χ0n) is 26.2. The van der Waals surface area contributed by atoms with E-state index in [9.17, 15) is 9.90 Å². The van der Waals surface area contributed by atoms with Gasteiger partial charge in [-0.25, -0.2) is 0 Å². The van der Waals surface area contributed by atoms with E-state index >= 15 is 0 Å². The first-order valence-electron chi connectivity index (χ1n) is 16.0. The van der Waals surface area contributed by atoms with E-state index in [0.29, 0.717) is 12.8 Å². The molecule has 2 heterocycles. The number of methoxy groups -OCH3 is 1. The van der Waals surface area contributed by atoms with Crippen LogP contribution < -0.4 is 0 Å². The van der Waals surface area contributed by atoms with E-state index in [0.717, 1.165) is 77.4 Å². The highest BCUT2D eigenvalue weighted by Gasteiger charge is 2.43. The van der Waals surface area contributed by atoms with Gasteiger partial charge in [0, 0.05) is 32.0 Å². The predicted molar refractivity (Wildman–Crippen MR) is 161 cm³/mol. The normalized spacial score (nSPS) is 30.1. The zero-order valence-corrected chi connectivity index (χ0v) is 26.2. The van der Waals surface area contributed by atoms with Crippen LogP contribution in [0.25, 0.3) is 0 Å². The Kier molecular flexibility index (Phi) is 14.6. The number of aliphatic hydroxyl groups excluding tert-OH is 1. The van der Waals surface area contributed by atoms with Gasteiger partial charge in [-0.3, -0.25) is 4.79 Å². The third-order valence-corrected chi connectivity index (χ3v) is 8.66. The van der Waals surface area contributed by atoms with Crippen molar-refractivity contribution in [1.82, 2.24) is 0 Å². The van der Waals surface area contributed by atoms with Gasteiger partial charge in [-0.05, 0) is 89.4 Å². The molecular weight excluding hydrogens is 520 g/mol. The first-order chi connectivity index (χ1) is 19.7. The van der Waals surface area contributed by atoms with Crippen molar-refractivity contribution in [3.8, 4) is 0 Å². The minimum absolute atomic E-state index is 0.0316. The predicted octanol–water partition coefficient (Wildman–Crippen LogP) is 7.04. The molecule has 234 valence electrons. The van der Waals surface area contributed by atoms with Gasteiger partial charge in [-0.1, -0.05) is 49.8 Å². The van der Waals surface area contributed by atoms with Crippen LogP contribution in [-0.4, -0.2) is 62.3 Å². The lowest BCUT2D eigenvalue weighted by Crippen LogP contribution is -2.36. The number of ether oxygens (including phenoxy) is 5. The average Bonchev–Trinajstić information content (AvgIpc) is 3.25. The number of aliphatic hydroxyl groups is 1. The summed E-state index contributed by atoms with van der Waals surface area (Å²) in [5.41, 5.74) is 1.16. The molecule has 1 N–H and O–H groups in total. The minimum Gasteiger partial charge on any atom is -0.469 e. The molecule has 0 aromatic rings. The second-order valence-corrected chi connectivity index (χ2v) is 12.9. The Labute approximate surface area is 248 Å². The maximum Gasteiger partial charge on any atom is 0.305 e. The van der Waals surface area contributed by atoms with E-state index < -0.39 is 6.10 Å². The molecule has 0 radical (unpaired) electrons. The fourth-order valence-corrected chi connectivity index (χ4v) is 5.96. The Balaban J connectivity index is 1.77. The van der Waals surface area contributed by atoms with Gasteiger partial charge in [-0.15, -0.1) is 0 Å². The Morgan fingerprint density at radius 3 is 2.39 bits per heavy atom. The molecule has 0 bridgehead atoms. The highest BCUT2D eigenvalue weighted by Crippen LogP contribution is 2.41. The molecule has 0 aromatic heterocycles. The molecule has 2 unspecified atom stereocenters. The molecule has 3 rings (SSSR count). The van der Waals surface area contributed by atoms with E-state index in [1.165, 1.54) is 12.7 Å². The third kappa shape index (κ3) is 11.6. The number of unbranched alkanes of at least 4 members (excludes halogenated alkanes) is 1. The molecule has 2 saturated heterocycles. The summed E-state index contributed by atoms with van der Waals surface area (Å²) in [6.07, 6.45) is 20.3. The topological polar surface area (TPSA) is 83.5 Å². The smallest absolute Gasteiger partial charge is 0.305 e. The number of esters is 1. The fraction of sp³-hybridized carbons (Fsp3) is 0.794. The SMILES string of the molecule is COC(=O)CCCC=CC[C@@H]1[C@@H](C=C[C@H](OC2CCCCO2)C(C)(C)CC=C(C)C)[C@H](OC2CCCCO2)C[C@H]1O. The monoisotopic (exact) mass is 576 g/mol. The van der Waals surface area contributed by atoms with Gasteiger partial charge in [0.25, 0.3) is 0 Å². The molecule has 2 aliphatic heterocycles. The zero-order chi connectivity index (χ0) is 29.7. The maximum absolute atomic E-state index is 11.4. The van der Waals surface area contributed by atoms with E-state index in [1.807, 2.05) is 0 Å². The molecule has 41 heavy (non-hydrogen) atoms. The quantitative estimate of drug-likeness (QED) is 0.127. The summed E-state index contributed by atoms with van der Waals surface area (Å²) in [5.74, 6) is -0.111. The van der Waals surface area contributed by atoms with E-state index in [2.05, 4.69) is 58.1 Å². The molecule has 7 nitrogen and oxygen atoms in total. The van der Waals surface area contributed by atoms with Crippen LogP contribution in [0.1, 0.15) is 105 Å². The lowest BCUT2D eigenvalue weighted by atomic mass is 9.81. The lowest BCUT2D eigenvalue weighted by molar-refractivity contribution is -0.197. The van der Waals surface area contributed by atoms with Gasteiger partial charge < -0.3 is 28.8 Å². The Bertz CT molecular complexity index is 847. The van der Waals surface area contributed by atoms with Gasteiger partial charge in [0.15, 0.2) is 12.6 Å². The highest BCUT2D eigenvalue weighted by molar-refractivity contribution is 5.69. The van der Waals surface area contributed by atoms with Crippen molar-refractivity contribution < 1.29 is 33.6 Å². The summed E-state index contributed by atoms with van der Waals surface area (Å²) in [7, 11) is 1.42. The number of allylic oxidation sites excluding steroid dienone is 4. The van der Waals surface area contributed by atoms with E-state index in [1.54, 1.807) is 0 Å². The highest BCUT2D eigenvalue weighted by atomic mass is 16.7. The third-order valence-electron chi connectivity index (χ3n) is 8.66. The van der Waals surface area contributed by atoms with Crippen LogP contribution in [0.2, 0.25) is 0 Å². The molecule has 7 atom stereocenters. The van der Waals surface area contributed by atoms with Crippen molar-refractivity contribution in [2.45, 2.75) is 136 Å². The largest absolute Gasteiger partial charge is 0.469 e. The van der Waals surface area contributed by atoms with Crippen LogP contribution in [0.4, 0.5) is 0 Å². The van der Waals surface area contributed by atoms with Crippen molar-refractivity contribution >= 4 is 5.97 Å². The van der Waals surface area contributed by atoms with Crippen molar-refractivity contribution in [3.63, 3.8) is 0 Å². The van der Waals surface area contributed by atoms with Crippen LogP contribution >= 0.6 is 0 Å². The first kappa shape index (κ1) is 34.0. The van der Waals surface area contributed by atoms with Crippen molar-refractivity contribution in [2.24, 2.45) is 17.3 Å². The second kappa shape index (κ2) is 17.6. The lowest BCUT2D eigenvalue weighted by Gasteiger charge is -2.36. The van der Waals surface area contributed by atoms with Gasteiger partial charge in [0.1, 0.15) is 0 Å².